The number of nitrogens with zero attached hydrogens (tertiary/aromatic N) is 4. The van der Waals surface area contributed by atoms with Gasteiger partial charge in [-0.15, -0.1) is 5.10 Å². The van der Waals surface area contributed by atoms with E-state index in [1.807, 2.05) is 4.90 Å². The second kappa shape index (κ2) is 6.71. The largest absolute Gasteiger partial charge is 0.419 e. The number of carbonyl (C=O) groups excluding carboxylic acids is 1. The molecule has 0 unspecified atom stereocenters. The van der Waals surface area contributed by atoms with Crippen molar-refractivity contribution in [1.29, 1.82) is 0 Å². The standard InChI is InChI=1S/C19H23F3N6O2/c1-10(16(29)28-6-4-18(2-3-18)5-7-28)24-17-27-26-15(30-17)12-8-11(12)14-13(9-23-25-14)19(20,21)22/h9-12H,2-8H2,1H3,(H,23,25)(H,24,27)/t10-,11+,12-/m0/s1. The Morgan fingerprint density at radius 3 is 2.67 bits per heavy atom. The molecule has 162 valence electrons. The summed E-state index contributed by atoms with van der Waals surface area (Å²) in [7, 11) is 0. The molecule has 11 heteroatoms. The molecule has 2 saturated carbocycles. The summed E-state index contributed by atoms with van der Waals surface area (Å²) in [5.74, 6) is -0.476. The van der Waals surface area contributed by atoms with Crippen LogP contribution in [0.3, 0.4) is 0 Å². The van der Waals surface area contributed by atoms with E-state index < -0.39 is 23.7 Å². The number of aromatic nitrogens is 4. The first-order valence-electron chi connectivity index (χ1n) is 10.3. The van der Waals surface area contributed by atoms with Gasteiger partial charge in [0.2, 0.25) is 11.8 Å². The van der Waals surface area contributed by atoms with E-state index in [2.05, 4.69) is 25.7 Å². The maximum Gasteiger partial charge on any atom is 0.419 e. The Hall–Kier alpha value is -2.59. The van der Waals surface area contributed by atoms with Crippen LogP contribution in [-0.4, -0.2) is 50.3 Å². The van der Waals surface area contributed by atoms with Crippen LogP contribution in [0.2, 0.25) is 0 Å². The van der Waals surface area contributed by atoms with Crippen molar-refractivity contribution in [3.8, 4) is 0 Å². The van der Waals surface area contributed by atoms with Gasteiger partial charge in [-0.05, 0) is 44.4 Å². The van der Waals surface area contributed by atoms with Crippen LogP contribution in [0, 0.1) is 5.41 Å². The number of likely N-dealkylation sites (tertiary alicyclic amines) is 1. The number of amides is 1. The molecule has 1 aliphatic heterocycles. The van der Waals surface area contributed by atoms with Crippen molar-refractivity contribution in [2.24, 2.45) is 5.41 Å². The van der Waals surface area contributed by atoms with E-state index in [1.54, 1.807) is 6.92 Å². The Morgan fingerprint density at radius 1 is 1.27 bits per heavy atom. The van der Waals surface area contributed by atoms with Gasteiger partial charge in [0.1, 0.15) is 6.04 Å². The predicted octanol–water partition coefficient (Wildman–Crippen LogP) is 3.29. The molecule has 1 amide bonds. The van der Waals surface area contributed by atoms with Gasteiger partial charge in [0.15, 0.2) is 0 Å². The first-order chi connectivity index (χ1) is 14.3. The Morgan fingerprint density at radius 2 is 2.00 bits per heavy atom. The maximum atomic E-state index is 13.1. The molecule has 3 heterocycles. The number of halogens is 3. The molecule has 1 spiro atoms. The highest BCUT2D eigenvalue weighted by molar-refractivity contribution is 5.83. The number of alkyl halides is 3. The van der Waals surface area contributed by atoms with Gasteiger partial charge < -0.3 is 14.6 Å². The van der Waals surface area contributed by atoms with E-state index in [1.165, 1.54) is 12.8 Å². The summed E-state index contributed by atoms with van der Waals surface area (Å²) >= 11 is 0. The third kappa shape index (κ3) is 3.54. The van der Waals surface area contributed by atoms with Crippen LogP contribution in [0.15, 0.2) is 10.6 Å². The fraction of sp³-hybridized carbons (Fsp3) is 0.684. The minimum Gasteiger partial charge on any atom is -0.408 e. The lowest BCUT2D eigenvalue weighted by molar-refractivity contribution is -0.138. The van der Waals surface area contributed by atoms with Crippen LogP contribution in [0.4, 0.5) is 19.2 Å². The van der Waals surface area contributed by atoms with Crippen LogP contribution in [0.1, 0.15) is 68.0 Å². The van der Waals surface area contributed by atoms with Crippen molar-refractivity contribution < 1.29 is 22.4 Å². The molecule has 5 rings (SSSR count). The van der Waals surface area contributed by atoms with E-state index in [0.29, 0.717) is 11.8 Å². The quantitative estimate of drug-likeness (QED) is 0.764. The number of piperidine rings is 1. The van der Waals surface area contributed by atoms with Gasteiger partial charge in [-0.25, -0.2) is 0 Å². The van der Waals surface area contributed by atoms with E-state index in [4.69, 9.17) is 4.42 Å². The second-order valence-electron chi connectivity index (χ2n) is 8.77. The molecule has 3 fully saturated rings. The van der Waals surface area contributed by atoms with Crippen LogP contribution in [-0.2, 0) is 11.0 Å². The van der Waals surface area contributed by atoms with Crippen LogP contribution in [0.5, 0.6) is 0 Å². The highest BCUT2D eigenvalue weighted by Crippen LogP contribution is 2.56. The van der Waals surface area contributed by atoms with E-state index in [0.717, 1.165) is 32.1 Å². The second-order valence-corrected chi connectivity index (χ2v) is 8.77. The molecule has 0 aromatic carbocycles. The van der Waals surface area contributed by atoms with Crippen molar-refractivity contribution in [2.75, 3.05) is 18.4 Å². The SMILES string of the molecule is C[C@H](Nc1nnc([C@H]2C[C@H]2c2n[nH]cc2C(F)(F)F)o1)C(=O)N1CCC2(CC1)CC2. The number of aromatic amines is 1. The van der Waals surface area contributed by atoms with E-state index >= 15 is 0 Å². The topological polar surface area (TPSA) is 99.9 Å². The van der Waals surface area contributed by atoms with E-state index in [-0.39, 0.29) is 29.4 Å². The first-order valence-corrected chi connectivity index (χ1v) is 10.3. The molecule has 3 atom stereocenters. The number of H-pyrrole nitrogens is 1. The summed E-state index contributed by atoms with van der Waals surface area (Å²) in [4.78, 5) is 14.5. The Kier molecular flexibility index (Phi) is 4.33. The molecule has 2 aliphatic carbocycles. The summed E-state index contributed by atoms with van der Waals surface area (Å²) in [6.07, 6.45) is 1.54. The molecule has 2 N–H and O–H groups in total. The molecule has 3 aliphatic rings. The molecule has 8 nitrogen and oxygen atoms in total. The molecule has 0 bridgehead atoms. The summed E-state index contributed by atoms with van der Waals surface area (Å²) < 4.78 is 44.8. The van der Waals surface area contributed by atoms with Crippen molar-refractivity contribution in [3.63, 3.8) is 0 Å². The summed E-state index contributed by atoms with van der Waals surface area (Å²) in [6, 6.07) is -0.421. The van der Waals surface area contributed by atoms with Gasteiger partial charge >= 0.3 is 12.2 Å². The van der Waals surface area contributed by atoms with Gasteiger partial charge in [-0.1, -0.05) is 5.10 Å². The van der Waals surface area contributed by atoms with Gasteiger partial charge in [-0.3, -0.25) is 9.89 Å². The fourth-order valence-corrected chi connectivity index (χ4v) is 4.42. The molecule has 0 radical (unpaired) electrons. The number of carbonyl (C=O) groups is 1. The number of hydrogen-bond donors (Lipinski definition) is 2. The summed E-state index contributed by atoms with van der Waals surface area (Å²) in [6.45, 7) is 3.29. The zero-order chi connectivity index (χ0) is 21.1. The van der Waals surface area contributed by atoms with Crippen LogP contribution < -0.4 is 5.32 Å². The predicted molar refractivity (Wildman–Crippen MR) is 98.6 cm³/mol. The number of hydrogen-bond acceptors (Lipinski definition) is 6. The fourth-order valence-electron chi connectivity index (χ4n) is 4.42. The number of rotatable bonds is 5. The van der Waals surface area contributed by atoms with Crippen LogP contribution in [0.25, 0.3) is 0 Å². The first kappa shape index (κ1) is 19.4. The molecule has 2 aromatic heterocycles. The third-order valence-electron chi connectivity index (χ3n) is 6.68. The highest BCUT2D eigenvalue weighted by atomic mass is 19.4. The van der Waals surface area contributed by atoms with Gasteiger partial charge in [0.25, 0.3) is 0 Å². The van der Waals surface area contributed by atoms with Gasteiger partial charge in [0, 0.05) is 31.1 Å². The molecular formula is C19H23F3N6O2. The highest BCUT2D eigenvalue weighted by Gasteiger charge is 2.50. The molecule has 1 saturated heterocycles. The van der Waals surface area contributed by atoms with E-state index in [9.17, 15) is 18.0 Å². The Bertz CT molecular complexity index is 940. The number of anilines is 1. The number of nitrogens with one attached hydrogen (secondary N) is 2. The lowest BCUT2D eigenvalue weighted by atomic mass is 9.93. The van der Waals surface area contributed by atoms with Gasteiger partial charge in [-0.2, -0.15) is 18.3 Å². The zero-order valence-corrected chi connectivity index (χ0v) is 16.5. The average Bonchev–Trinajstić information content (AvgIpc) is 3.54. The maximum absolute atomic E-state index is 13.1. The van der Waals surface area contributed by atoms with Crippen molar-refractivity contribution in [3.05, 3.63) is 23.3 Å². The molecular weight excluding hydrogens is 401 g/mol. The lowest BCUT2D eigenvalue weighted by Crippen LogP contribution is -2.45. The zero-order valence-electron chi connectivity index (χ0n) is 16.5. The van der Waals surface area contributed by atoms with Gasteiger partial charge in [0.05, 0.1) is 11.3 Å². The summed E-state index contributed by atoms with van der Waals surface area (Å²) in [5, 5.41) is 16.9. The summed E-state index contributed by atoms with van der Waals surface area (Å²) in [5.41, 5.74) is -0.292. The van der Waals surface area contributed by atoms with Crippen molar-refractivity contribution >= 4 is 11.9 Å². The van der Waals surface area contributed by atoms with Crippen molar-refractivity contribution in [1.82, 2.24) is 25.3 Å². The van der Waals surface area contributed by atoms with Crippen molar-refractivity contribution in [2.45, 2.75) is 63.1 Å². The normalized spacial score (nSPS) is 25.9. The Labute approximate surface area is 170 Å². The Balaban J connectivity index is 1.18. The smallest absolute Gasteiger partial charge is 0.408 e. The molecule has 2 aromatic rings. The third-order valence-corrected chi connectivity index (χ3v) is 6.68. The molecule has 30 heavy (non-hydrogen) atoms. The van der Waals surface area contributed by atoms with Crippen LogP contribution >= 0.6 is 0 Å². The lowest BCUT2D eigenvalue weighted by Gasteiger charge is -2.33. The minimum absolute atomic E-state index is 0.0131. The average molecular weight is 424 g/mol. The monoisotopic (exact) mass is 424 g/mol. The minimum atomic E-state index is -4.46.